The molecule has 2 rings (SSSR count). The van der Waals surface area contributed by atoms with Crippen LogP contribution in [0.2, 0.25) is 0 Å². The molecule has 0 atom stereocenters. The lowest BCUT2D eigenvalue weighted by molar-refractivity contribution is 0.0947. The van der Waals surface area contributed by atoms with E-state index in [2.05, 4.69) is 27.0 Å². The first-order valence-electron chi connectivity index (χ1n) is 4.88. The Labute approximate surface area is 102 Å². The third-order valence-corrected chi connectivity index (χ3v) is 2.21. The maximum atomic E-state index is 11.7. The lowest BCUT2D eigenvalue weighted by atomic mass is 10.5. The summed E-state index contributed by atoms with van der Waals surface area (Å²) < 4.78 is 1.50. The van der Waals surface area contributed by atoms with Gasteiger partial charge in [0.1, 0.15) is 0 Å². The summed E-state index contributed by atoms with van der Waals surface area (Å²) in [6, 6.07) is 1.78. The minimum absolute atomic E-state index is 0.0599. The molecule has 0 bridgehead atoms. The molecular formula is C10H10ClN5O. The SMILES string of the molecule is C=C(Cl)CNC(=O)c1nc2nccc(C)n2n1. The maximum Gasteiger partial charge on any atom is 0.291 e. The maximum absolute atomic E-state index is 11.7. The van der Waals surface area contributed by atoms with E-state index in [4.69, 9.17) is 11.6 Å². The summed E-state index contributed by atoms with van der Waals surface area (Å²) in [5.41, 5.74) is 0.850. The molecule has 7 heteroatoms. The van der Waals surface area contributed by atoms with Crippen LogP contribution in [-0.4, -0.2) is 32.0 Å². The fourth-order valence-electron chi connectivity index (χ4n) is 1.26. The van der Waals surface area contributed by atoms with Gasteiger partial charge in [0.25, 0.3) is 11.7 Å². The summed E-state index contributed by atoms with van der Waals surface area (Å²) in [7, 11) is 0. The van der Waals surface area contributed by atoms with E-state index in [0.29, 0.717) is 10.8 Å². The quantitative estimate of drug-likeness (QED) is 0.880. The molecule has 0 spiro atoms. The molecule has 0 unspecified atom stereocenters. The predicted molar refractivity (Wildman–Crippen MR) is 62.8 cm³/mol. The van der Waals surface area contributed by atoms with E-state index in [1.165, 1.54) is 4.52 Å². The van der Waals surface area contributed by atoms with E-state index < -0.39 is 5.91 Å². The average molecular weight is 252 g/mol. The van der Waals surface area contributed by atoms with E-state index in [1.54, 1.807) is 12.3 Å². The molecule has 0 fully saturated rings. The van der Waals surface area contributed by atoms with Crippen LogP contribution in [0.1, 0.15) is 16.3 Å². The first-order valence-corrected chi connectivity index (χ1v) is 5.25. The van der Waals surface area contributed by atoms with E-state index in [1.807, 2.05) is 6.92 Å². The summed E-state index contributed by atoms with van der Waals surface area (Å²) in [4.78, 5) is 19.7. The number of rotatable bonds is 3. The lowest BCUT2D eigenvalue weighted by Gasteiger charge is -1.98. The third kappa shape index (κ3) is 2.42. The van der Waals surface area contributed by atoms with E-state index in [9.17, 15) is 4.79 Å². The topological polar surface area (TPSA) is 72.2 Å². The largest absolute Gasteiger partial charge is 0.344 e. The molecule has 0 saturated carbocycles. The molecule has 88 valence electrons. The Morgan fingerprint density at radius 3 is 3.06 bits per heavy atom. The first-order chi connectivity index (χ1) is 8.08. The Bertz CT molecular complexity index is 591. The summed E-state index contributed by atoms with van der Waals surface area (Å²) in [5, 5.41) is 6.93. The zero-order valence-electron chi connectivity index (χ0n) is 9.14. The molecule has 0 aromatic carbocycles. The molecule has 0 aliphatic carbocycles. The molecule has 1 N–H and O–H groups in total. The van der Waals surface area contributed by atoms with Gasteiger partial charge in [-0.05, 0) is 13.0 Å². The number of fused-ring (bicyclic) bond motifs is 1. The Morgan fingerprint density at radius 1 is 1.65 bits per heavy atom. The second kappa shape index (κ2) is 4.50. The summed E-state index contributed by atoms with van der Waals surface area (Å²) >= 11 is 5.55. The zero-order valence-corrected chi connectivity index (χ0v) is 9.90. The molecule has 1 amide bonds. The second-order valence-electron chi connectivity index (χ2n) is 3.43. The molecule has 0 radical (unpaired) electrons. The van der Waals surface area contributed by atoms with Gasteiger partial charge >= 0.3 is 0 Å². The van der Waals surface area contributed by atoms with Crippen LogP contribution < -0.4 is 5.32 Å². The predicted octanol–water partition coefficient (Wildman–Crippen LogP) is 0.915. The first kappa shape index (κ1) is 11.5. The van der Waals surface area contributed by atoms with Crippen molar-refractivity contribution in [2.45, 2.75) is 6.92 Å². The number of carbonyl (C=O) groups is 1. The molecule has 0 saturated heterocycles. The molecule has 2 heterocycles. The van der Waals surface area contributed by atoms with Crippen LogP contribution in [0, 0.1) is 6.92 Å². The van der Waals surface area contributed by atoms with Gasteiger partial charge in [0.2, 0.25) is 5.82 Å². The van der Waals surface area contributed by atoms with Crippen LogP contribution in [0.4, 0.5) is 0 Å². The van der Waals surface area contributed by atoms with Crippen molar-refractivity contribution in [3.05, 3.63) is 35.4 Å². The van der Waals surface area contributed by atoms with Crippen molar-refractivity contribution in [1.82, 2.24) is 24.9 Å². The number of nitrogens with zero attached hydrogens (tertiary/aromatic N) is 4. The smallest absolute Gasteiger partial charge is 0.291 e. The molecule has 0 aliphatic rings. The normalized spacial score (nSPS) is 10.5. The fourth-order valence-corrected chi connectivity index (χ4v) is 1.32. The van der Waals surface area contributed by atoms with Crippen LogP contribution in [0.5, 0.6) is 0 Å². The standard InChI is InChI=1S/C10H10ClN5O/c1-6(11)5-13-9(17)8-14-10-12-4-3-7(2)16(10)15-8/h3-4H,1,5H2,2H3,(H,13,17). The van der Waals surface area contributed by atoms with Crippen LogP contribution in [0.3, 0.4) is 0 Å². The van der Waals surface area contributed by atoms with Gasteiger partial charge in [-0.25, -0.2) is 9.50 Å². The van der Waals surface area contributed by atoms with Crippen LogP contribution in [0.25, 0.3) is 5.78 Å². The van der Waals surface area contributed by atoms with Crippen molar-refractivity contribution in [3.8, 4) is 0 Å². The van der Waals surface area contributed by atoms with Gasteiger partial charge in [-0.1, -0.05) is 18.2 Å². The number of halogens is 1. The Kier molecular flexibility index (Phi) is 3.06. The fraction of sp³-hybridized carbons (Fsp3) is 0.200. The molecular weight excluding hydrogens is 242 g/mol. The number of hydrogen-bond acceptors (Lipinski definition) is 4. The Hall–Kier alpha value is -1.95. The molecule has 2 aromatic heterocycles. The van der Waals surface area contributed by atoms with Gasteiger partial charge < -0.3 is 5.32 Å². The van der Waals surface area contributed by atoms with E-state index in [0.717, 1.165) is 5.69 Å². The van der Waals surface area contributed by atoms with Crippen LogP contribution in [0.15, 0.2) is 23.9 Å². The van der Waals surface area contributed by atoms with Crippen molar-refractivity contribution in [1.29, 1.82) is 0 Å². The Morgan fingerprint density at radius 2 is 2.41 bits per heavy atom. The van der Waals surface area contributed by atoms with E-state index >= 15 is 0 Å². The van der Waals surface area contributed by atoms with Crippen molar-refractivity contribution in [3.63, 3.8) is 0 Å². The highest BCUT2D eigenvalue weighted by molar-refractivity contribution is 6.29. The van der Waals surface area contributed by atoms with Crippen molar-refractivity contribution >= 4 is 23.3 Å². The molecule has 2 aromatic rings. The van der Waals surface area contributed by atoms with Gasteiger partial charge in [0.05, 0.1) is 6.54 Å². The van der Waals surface area contributed by atoms with Crippen LogP contribution in [-0.2, 0) is 0 Å². The van der Waals surface area contributed by atoms with Crippen molar-refractivity contribution in [2.24, 2.45) is 0 Å². The number of aromatic nitrogens is 4. The summed E-state index contributed by atoms with van der Waals surface area (Å²) in [5.74, 6) is 0.0428. The zero-order chi connectivity index (χ0) is 12.4. The lowest BCUT2D eigenvalue weighted by Crippen LogP contribution is -2.25. The molecule has 0 aliphatic heterocycles. The van der Waals surface area contributed by atoms with Gasteiger partial charge in [0.15, 0.2) is 0 Å². The number of nitrogens with one attached hydrogen (secondary N) is 1. The minimum atomic E-state index is -0.406. The second-order valence-corrected chi connectivity index (χ2v) is 3.97. The third-order valence-electron chi connectivity index (χ3n) is 2.07. The highest BCUT2D eigenvalue weighted by Gasteiger charge is 2.13. The average Bonchev–Trinajstić information content (AvgIpc) is 2.71. The number of carbonyl (C=O) groups excluding carboxylic acids is 1. The number of hydrogen-bond donors (Lipinski definition) is 1. The van der Waals surface area contributed by atoms with Crippen molar-refractivity contribution in [2.75, 3.05) is 6.54 Å². The Balaban J connectivity index is 2.27. The monoisotopic (exact) mass is 251 g/mol. The van der Waals surface area contributed by atoms with Crippen LogP contribution >= 0.6 is 11.6 Å². The van der Waals surface area contributed by atoms with Gasteiger partial charge in [-0.15, -0.1) is 5.10 Å². The molecule has 17 heavy (non-hydrogen) atoms. The summed E-state index contributed by atoms with van der Waals surface area (Å²) in [6.07, 6.45) is 1.61. The van der Waals surface area contributed by atoms with Gasteiger partial charge in [-0.2, -0.15) is 4.98 Å². The minimum Gasteiger partial charge on any atom is -0.344 e. The molecule has 6 nitrogen and oxygen atoms in total. The van der Waals surface area contributed by atoms with E-state index in [-0.39, 0.29) is 12.4 Å². The highest BCUT2D eigenvalue weighted by Crippen LogP contribution is 2.02. The number of aryl methyl sites for hydroxylation is 1. The van der Waals surface area contributed by atoms with Gasteiger partial charge in [0, 0.05) is 16.9 Å². The van der Waals surface area contributed by atoms with Gasteiger partial charge in [-0.3, -0.25) is 4.79 Å². The van der Waals surface area contributed by atoms with Crippen molar-refractivity contribution < 1.29 is 4.79 Å². The number of amides is 1. The summed E-state index contributed by atoms with van der Waals surface area (Å²) in [6.45, 7) is 5.51. The highest BCUT2D eigenvalue weighted by atomic mass is 35.5.